The first kappa shape index (κ1) is 20.1. The molecule has 0 saturated heterocycles. The summed E-state index contributed by atoms with van der Waals surface area (Å²) in [7, 11) is 2.48. The van der Waals surface area contributed by atoms with E-state index in [1.54, 1.807) is 18.2 Å². The van der Waals surface area contributed by atoms with Crippen molar-refractivity contribution in [3.63, 3.8) is 0 Å². The molecule has 0 radical (unpaired) electrons. The summed E-state index contributed by atoms with van der Waals surface area (Å²) >= 11 is 0. The van der Waals surface area contributed by atoms with Gasteiger partial charge in [0.15, 0.2) is 0 Å². The fourth-order valence-corrected chi connectivity index (χ4v) is 4.68. The van der Waals surface area contributed by atoms with Crippen LogP contribution in [-0.4, -0.2) is 42.0 Å². The molecule has 0 aliphatic heterocycles. The van der Waals surface area contributed by atoms with Crippen molar-refractivity contribution in [3.05, 3.63) is 64.5 Å². The van der Waals surface area contributed by atoms with Crippen LogP contribution < -0.4 is 5.32 Å². The fraction of sp³-hybridized carbons (Fsp3) is 0.292. The van der Waals surface area contributed by atoms with Crippen LogP contribution in [0.1, 0.15) is 73.6 Å². The van der Waals surface area contributed by atoms with Crippen molar-refractivity contribution in [1.82, 2.24) is 9.97 Å². The molecule has 162 valence electrons. The van der Waals surface area contributed by atoms with E-state index in [2.05, 4.69) is 5.32 Å². The summed E-state index contributed by atoms with van der Waals surface area (Å²) in [5.41, 5.74) is 4.56. The summed E-state index contributed by atoms with van der Waals surface area (Å²) in [4.78, 5) is 46.5. The van der Waals surface area contributed by atoms with Gasteiger partial charge in [0.2, 0.25) is 0 Å². The lowest BCUT2D eigenvalue weighted by atomic mass is 10.00. The highest BCUT2D eigenvalue weighted by Gasteiger charge is 2.39. The number of fused-ring (bicyclic) bond motifs is 6. The summed E-state index contributed by atoms with van der Waals surface area (Å²) in [5.74, 6) is -0.664. The van der Waals surface area contributed by atoms with Crippen molar-refractivity contribution in [2.45, 2.75) is 31.1 Å². The molecule has 2 bridgehead atoms. The zero-order valence-corrected chi connectivity index (χ0v) is 17.7. The Morgan fingerprint density at radius 2 is 1.41 bits per heavy atom. The molecule has 2 aliphatic carbocycles. The van der Waals surface area contributed by atoms with Crippen molar-refractivity contribution < 1.29 is 23.9 Å². The number of esters is 2. The number of amides is 1. The van der Waals surface area contributed by atoms with Gasteiger partial charge in [0.1, 0.15) is 0 Å². The molecule has 2 unspecified atom stereocenters. The average Bonchev–Trinajstić information content (AvgIpc) is 3.43. The molecule has 1 saturated carbocycles. The molecule has 32 heavy (non-hydrogen) atoms. The van der Waals surface area contributed by atoms with Gasteiger partial charge in [-0.3, -0.25) is 4.79 Å². The average molecular weight is 431 g/mol. The molecule has 1 N–H and O–H groups in total. The third-order valence-corrected chi connectivity index (χ3v) is 6.22. The Kier molecular flexibility index (Phi) is 4.84. The fourth-order valence-electron chi connectivity index (χ4n) is 4.68. The van der Waals surface area contributed by atoms with Crippen molar-refractivity contribution in [3.8, 4) is 0 Å². The number of ether oxygens (including phenoxy) is 2. The van der Waals surface area contributed by atoms with Gasteiger partial charge in [0.25, 0.3) is 5.91 Å². The lowest BCUT2D eigenvalue weighted by molar-refractivity contribution is 0.0599. The maximum atomic E-state index is 12.9. The number of hydrogen-bond donors (Lipinski definition) is 1. The van der Waals surface area contributed by atoms with Gasteiger partial charge in [0, 0.05) is 23.1 Å². The molecule has 1 heterocycles. The predicted molar refractivity (Wildman–Crippen MR) is 116 cm³/mol. The second-order valence-corrected chi connectivity index (χ2v) is 8.14. The first-order chi connectivity index (χ1) is 15.5. The predicted octanol–water partition coefficient (Wildman–Crippen LogP) is 3.82. The number of anilines is 1. The molecule has 0 spiro atoms. The number of aromatic nitrogens is 2. The Hall–Kier alpha value is -3.81. The molecule has 8 heteroatoms. The first-order valence-corrected chi connectivity index (χ1v) is 10.4. The molecule has 8 nitrogen and oxygen atoms in total. The SMILES string of the molecule is COC(=O)c1cc(NC(=O)c2ccc3nc4c(nc3c2)C2CCC4C2)cc(C(=O)OC)c1. The lowest BCUT2D eigenvalue weighted by Crippen LogP contribution is -2.14. The quantitative estimate of drug-likeness (QED) is 0.626. The number of nitrogens with one attached hydrogen (secondary N) is 1. The molecule has 3 aromatic rings. The highest BCUT2D eigenvalue weighted by molar-refractivity contribution is 6.07. The van der Waals surface area contributed by atoms with Gasteiger partial charge >= 0.3 is 11.9 Å². The van der Waals surface area contributed by atoms with Gasteiger partial charge in [-0.2, -0.15) is 0 Å². The number of rotatable bonds is 4. The molecule has 2 aliphatic rings. The van der Waals surface area contributed by atoms with E-state index >= 15 is 0 Å². The third kappa shape index (κ3) is 3.37. The Balaban J connectivity index is 1.46. The number of carbonyl (C=O) groups excluding carboxylic acids is 3. The van der Waals surface area contributed by atoms with E-state index in [1.807, 2.05) is 0 Å². The third-order valence-electron chi connectivity index (χ3n) is 6.22. The molecular weight excluding hydrogens is 410 g/mol. The maximum absolute atomic E-state index is 12.9. The van der Waals surface area contributed by atoms with E-state index in [1.165, 1.54) is 38.8 Å². The van der Waals surface area contributed by atoms with E-state index in [9.17, 15) is 14.4 Å². The van der Waals surface area contributed by atoms with E-state index in [4.69, 9.17) is 19.4 Å². The smallest absolute Gasteiger partial charge is 0.337 e. The van der Waals surface area contributed by atoms with E-state index in [-0.39, 0.29) is 16.8 Å². The summed E-state index contributed by atoms with van der Waals surface area (Å²) in [6, 6.07) is 9.45. The summed E-state index contributed by atoms with van der Waals surface area (Å²) in [6.45, 7) is 0. The van der Waals surface area contributed by atoms with Gasteiger partial charge in [-0.1, -0.05) is 0 Å². The minimum Gasteiger partial charge on any atom is -0.465 e. The second kappa shape index (κ2) is 7.71. The van der Waals surface area contributed by atoms with Gasteiger partial charge in [0.05, 0.1) is 47.8 Å². The standard InChI is InChI=1S/C24H21N3O5/c1-31-23(29)15-8-16(24(30)32-2)10-17(9-15)25-22(28)14-5-6-18-19(11-14)27-21-13-4-3-12(7-13)20(21)26-18/h5-6,8-13H,3-4,7H2,1-2H3,(H,25,28). The van der Waals surface area contributed by atoms with Crippen molar-refractivity contribution in [2.75, 3.05) is 19.5 Å². The summed E-state index contributed by atoms with van der Waals surface area (Å²) in [5, 5.41) is 2.74. The highest BCUT2D eigenvalue weighted by Crippen LogP contribution is 2.51. The largest absolute Gasteiger partial charge is 0.465 e. The Labute approximate surface area is 184 Å². The van der Waals surface area contributed by atoms with Crippen LogP contribution in [0.4, 0.5) is 5.69 Å². The molecule has 1 amide bonds. The highest BCUT2D eigenvalue weighted by atomic mass is 16.5. The van der Waals surface area contributed by atoms with Crippen LogP contribution in [0.3, 0.4) is 0 Å². The minimum absolute atomic E-state index is 0.126. The van der Waals surface area contributed by atoms with Gasteiger partial charge in [-0.15, -0.1) is 0 Å². The normalized spacial score (nSPS) is 18.3. The molecule has 1 aromatic heterocycles. The van der Waals surface area contributed by atoms with Crippen LogP contribution >= 0.6 is 0 Å². The molecule has 2 atom stereocenters. The number of hydrogen-bond acceptors (Lipinski definition) is 7. The van der Waals surface area contributed by atoms with Gasteiger partial charge in [-0.25, -0.2) is 19.6 Å². The zero-order valence-electron chi connectivity index (χ0n) is 17.7. The van der Waals surface area contributed by atoms with Gasteiger partial charge < -0.3 is 14.8 Å². The molecule has 5 rings (SSSR count). The van der Waals surface area contributed by atoms with Crippen molar-refractivity contribution >= 4 is 34.6 Å². The number of carbonyl (C=O) groups is 3. The van der Waals surface area contributed by atoms with Crippen LogP contribution in [0.15, 0.2) is 36.4 Å². The van der Waals surface area contributed by atoms with Crippen LogP contribution in [-0.2, 0) is 9.47 Å². The summed E-state index contributed by atoms with van der Waals surface area (Å²) < 4.78 is 9.47. The molecule has 2 aromatic carbocycles. The summed E-state index contributed by atoms with van der Waals surface area (Å²) in [6.07, 6.45) is 3.45. The van der Waals surface area contributed by atoms with Crippen LogP contribution in [0, 0.1) is 0 Å². The van der Waals surface area contributed by atoms with E-state index < -0.39 is 17.8 Å². The lowest BCUT2D eigenvalue weighted by Gasteiger charge is -2.14. The van der Waals surface area contributed by atoms with Crippen LogP contribution in [0.5, 0.6) is 0 Å². The number of nitrogens with zero attached hydrogens (tertiary/aromatic N) is 2. The van der Waals surface area contributed by atoms with E-state index in [0.29, 0.717) is 22.9 Å². The van der Waals surface area contributed by atoms with E-state index in [0.717, 1.165) is 29.7 Å². The Morgan fingerprint density at radius 3 is 2.00 bits per heavy atom. The van der Waals surface area contributed by atoms with Crippen molar-refractivity contribution in [1.29, 1.82) is 0 Å². The topological polar surface area (TPSA) is 107 Å². The molecular formula is C24H21N3O5. The second-order valence-electron chi connectivity index (χ2n) is 8.14. The number of methoxy groups -OCH3 is 2. The monoisotopic (exact) mass is 431 g/mol. The Bertz CT molecular complexity index is 1250. The van der Waals surface area contributed by atoms with Crippen molar-refractivity contribution in [2.24, 2.45) is 0 Å². The first-order valence-electron chi connectivity index (χ1n) is 10.4. The number of benzene rings is 2. The van der Waals surface area contributed by atoms with Gasteiger partial charge in [-0.05, 0) is 55.7 Å². The van der Waals surface area contributed by atoms with Crippen LogP contribution in [0.2, 0.25) is 0 Å². The van der Waals surface area contributed by atoms with Crippen LogP contribution in [0.25, 0.3) is 11.0 Å². The molecule has 1 fully saturated rings. The minimum atomic E-state index is -0.629. The Morgan fingerprint density at radius 1 is 0.812 bits per heavy atom. The zero-order chi connectivity index (χ0) is 22.4. The maximum Gasteiger partial charge on any atom is 0.337 e.